The van der Waals surface area contributed by atoms with Crippen LogP contribution >= 0.6 is 0 Å². The highest BCUT2D eigenvalue weighted by molar-refractivity contribution is 5.99. The molecule has 0 saturated carbocycles. The maximum Gasteiger partial charge on any atom is 0.265 e. The number of hydrogen-bond donors (Lipinski definition) is 2. The Labute approximate surface area is 179 Å². The van der Waals surface area contributed by atoms with Crippen molar-refractivity contribution >= 4 is 23.2 Å². The van der Waals surface area contributed by atoms with Crippen molar-refractivity contribution in [3.8, 4) is 11.5 Å². The zero-order valence-electron chi connectivity index (χ0n) is 17.2. The summed E-state index contributed by atoms with van der Waals surface area (Å²) in [6, 6.07) is 11.7. The molecule has 0 spiro atoms. The molecule has 162 valence electrons. The number of fused-ring (bicyclic) bond motifs is 1. The van der Waals surface area contributed by atoms with E-state index in [1.165, 1.54) is 12.1 Å². The summed E-state index contributed by atoms with van der Waals surface area (Å²) in [6.45, 7) is 7.30. The molecule has 1 unspecified atom stereocenters. The molecule has 2 aromatic carbocycles. The molecule has 0 bridgehead atoms. The molecular weight excluding hydrogens is 402 g/mol. The minimum atomic E-state index is -0.814. The summed E-state index contributed by atoms with van der Waals surface area (Å²) in [5.41, 5.74) is 7.52. The van der Waals surface area contributed by atoms with E-state index in [0.29, 0.717) is 28.5 Å². The van der Waals surface area contributed by atoms with Gasteiger partial charge in [-0.2, -0.15) is 0 Å². The number of nitrogens with one attached hydrogen (secondary N) is 1. The highest BCUT2D eigenvalue weighted by atomic mass is 16.7. The van der Waals surface area contributed by atoms with E-state index in [2.05, 4.69) is 17.1 Å². The van der Waals surface area contributed by atoms with Crippen LogP contribution in [0.3, 0.4) is 0 Å². The Morgan fingerprint density at radius 2 is 1.84 bits per heavy atom. The van der Waals surface area contributed by atoms with Crippen LogP contribution in [0.2, 0.25) is 0 Å². The van der Waals surface area contributed by atoms with Crippen LogP contribution in [-0.4, -0.2) is 37.0 Å². The Balaban J connectivity index is 1.45. The van der Waals surface area contributed by atoms with Gasteiger partial charge in [-0.3, -0.25) is 9.59 Å². The van der Waals surface area contributed by atoms with Crippen LogP contribution in [0.1, 0.15) is 29.8 Å². The lowest BCUT2D eigenvalue weighted by Crippen LogP contribution is -2.28. The van der Waals surface area contributed by atoms with E-state index in [9.17, 15) is 9.59 Å². The van der Waals surface area contributed by atoms with Crippen molar-refractivity contribution < 1.29 is 28.6 Å². The third-order valence-electron chi connectivity index (χ3n) is 4.37. The topological polar surface area (TPSA) is 121 Å². The molecule has 2 aromatic rings. The van der Waals surface area contributed by atoms with Crippen molar-refractivity contribution in [1.29, 1.82) is 0 Å². The predicted molar refractivity (Wildman–Crippen MR) is 114 cm³/mol. The molecule has 0 fully saturated rings. The number of nitrogens with zero attached hydrogens (tertiary/aromatic N) is 1. The molecule has 1 heterocycles. The molecule has 1 atom stereocenters. The minimum Gasteiger partial charge on any atom is -0.482 e. The van der Waals surface area contributed by atoms with Crippen molar-refractivity contribution in [2.24, 2.45) is 10.9 Å². The number of ether oxygens (including phenoxy) is 3. The smallest absolute Gasteiger partial charge is 0.265 e. The van der Waals surface area contributed by atoms with Crippen LogP contribution in [0.25, 0.3) is 0 Å². The zero-order valence-corrected chi connectivity index (χ0v) is 17.2. The number of nitrogens with two attached hydrogens (primary N) is 1. The Bertz CT molecular complexity index is 1020. The van der Waals surface area contributed by atoms with Gasteiger partial charge in [0, 0.05) is 16.8 Å². The highest BCUT2D eigenvalue weighted by Crippen LogP contribution is 2.32. The Hall–Kier alpha value is -4.01. The molecule has 9 heteroatoms. The SMILES string of the molecule is C=C(CO/N=C(\C)c1ccc2c(c1)OCO2)OC(C)C(=O)Nc1ccc(C(N)=O)cc1. The maximum absolute atomic E-state index is 12.3. The predicted octanol–water partition coefficient (Wildman–Crippen LogP) is 2.81. The summed E-state index contributed by atoms with van der Waals surface area (Å²) in [4.78, 5) is 28.6. The number of primary amides is 1. The molecule has 9 nitrogen and oxygen atoms in total. The Morgan fingerprint density at radius 1 is 1.16 bits per heavy atom. The molecule has 0 saturated heterocycles. The molecule has 2 amide bonds. The number of rotatable bonds is 9. The molecule has 0 radical (unpaired) electrons. The lowest BCUT2D eigenvalue weighted by molar-refractivity contribution is -0.124. The van der Waals surface area contributed by atoms with Gasteiger partial charge in [-0.25, -0.2) is 0 Å². The second kappa shape index (κ2) is 9.66. The molecule has 3 N–H and O–H groups in total. The normalized spacial score (nSPS) is 13.3. The molecule has 1 aliphatic heterocycles. The first kappa shape index (κ1) is 21.7. The van der Waals surface area contributed by atoms with E-state index in [-0.39, 0.29) is 25.1 Å². The standard InChI is InChI=1S/C22H23N3O6/c1-13(11-30-25-14(2)17-6-9-19-20(10-17)29-12-28-19)31-15(3)22(27)24-18-7-4-16(5-8-18)21(23)26/h4-10,15H,1,11-12H2,2-3H3,(H2,23,26)(H,24,27)/b25-14+. The number of amides is 2. The van der Waals surface area contributed by atoms with Crippen molar-refractivity contribution in [3.05, 3.63) is 65.9 Å². The number of hydrogen-bond acceptors (Lipinski definition) is 7. The van der Waals surface area contributed by atoms with E-state index in [4.69, 9.17) is 24.8 Å². The molecule has 0 aliphatic carbocycles. The van der Waals surface area contributed by atoms with Gasteiger partial charge in [0.25, 0.3) is 5.91 Å². The zero-order chi connectivity index (χ0) is 22.4. The molecular formula is C22H23N3O6. The van der Waals surface area contributed by atoms with E-state index in [1.807, 2.05) is 12.1 Å². The van der Waals surface area contributed by atoms with Crippen LogP contribution in [0, 0.1) is 0 Å². The van der Waals surface area contributed by atoms with Crippen molar-refractivity contribution in [2.45, 2.75) is 20.0 Å². The minimum absolute atomic E-state index is 0.0210. The average molecular weight is 425 g/mol. The Morgan fingerprint density at radius 3 is 2.55 bits per heavy atom. The largest absolute Gasteiger partial charge is 0.482 e. The van der Waals surface area contributed by atoms with Crippen LogP contribution in [0.4, 0.5) is 5.69 Å². The van der Waals surface area contributed by atoms with Gasteiger partial charge in [-0.1, -0.05) is 11.7 Å². The van der Waals surface area contributed by atoms with Crippen molar-refractivity contribution in [2.75, 3.05) is 18.7 Å². The van der Waals surface area contributed by atoms with Gasteiger partial charge in [0.15, 0.2) is 24.2 Å². The van der Waals surface area contributed by atoms with Gasteiger partial charge in [0.1, 0.15) is 5.76 Å². The molecule has 31 heavy (non-hydrogen) atoms. The number of oxime groups is 1. The fourth-order valence-corrected chi connectivity index (χ4v) is 2.67. The van der Waals surface area contributed by atoms with Crippen LogP contribution in [0.5, 0.6) is 11.5 Å². The monoisotopic (exact) mass is 425 g/mol. The highest BCUT2D eigenvalue weighted by Gasteiger charge is 2.16. The summed E-state index contributed by atoms with van der Waals surface area (Å²) < 4.78 is 16.1. The summed E-state index contributed by atoms with van der Waals surface area (Å²) in [7, 11) is 0. The second-order valence-electron chi connectivity index (χ2n) is 6.75. The van der Waals surface area contributed by atoms with Gasteiger partial charge in [-0.15, -0.1) is 0 Å². The first-order valence-corrected chi connectivity index (χ1v) is 9.45. The molecule has 1 aliphatic rings. The second-order valence-corrected chi connectivity index (χ2v) is 6.75. The van der Waals surface area contributed by atoms with Gasteiger partial charge in [-0.05, 0) is 56.3 Å². The van der Waals surface area contributed by atoms with Crippen molar-refractivity contribution in [1.82, 2.24) is 0 Å². The van der Waals surface area contributed by atoms with Gasteiger partial charge in [0.05, 0.1) is 5.71 Å². The lowest BCUT2D eigenvalue weighted by Gasteiger charge is -2.16. The van der Waals surface area contributed by atoms with Crippen LogP contribution in [-0.2, 0) is 14.4 Å². The first-order chi connectivity index (χ1) is 14.8. The third kappa shape index (κ3) is 5.75. The summed E-state index contributed by atoms with van der Waals surface area (Å²) in [5, 5.41) is 6.73. The fourth-order valence-electron chi connectivity index (χ4n) is 2.67. The third-order valence-corrected chi connectivity index (χ3v) is 4.37. The number of benzene rings is 2. The first-order valence-electron chi connectivity index (χ1n) is 9.45. The quantitative estimate of drug-likeness (QED) is 0.362. The summed E-state index contributed by atoms with van der Waals surface area (Å²) in [6.07, 6.45) is -0.814. The van der Waals surface area contributed by atoms with Crippen LogP contribution in [0.15, 0.2) is 60.0 Å². The van der Waals surface area contributed by atoms with Crippen molar-refractivity contribution in [3.63, 3.8) is 0 Å². The van der Waals surface area contributed by atoms with Crippen LogP contribution < -0.4 is 20.5 Å². The fraction of sp³-hybridized carbons (Fsp3) is 0.227. The molecule has 3 rings (SSSR count). The van der Waals surface area contributed by atoms with Gasteiger partial charge < -0.3 is 30.1 Å². The lowest BCUT2D eigenvalue weighted by atomic mass is 10.1. The summed E-state index contributed by atoms with van der Waals surface area (Å²) in [5.74, 6) is 0.670. The van der Waals surface area contributed by atoms with E-state index in [1.54, 1.807) is 32.0 Å². The number of anilines is 1. The van der Waals surface area contributed by atoms with Gasteiger partial charge in [0.2, 0.25) is 12.7 Å². The van der Waals surface area contributed by atoms with E-state index < -0.39 is 12.0 Å². The maximum atomic E-state index is 12.3. The number of carbonyl (C=O) groups excluding carboxylic acids is 2. The Kier molecular flexibility index (Phi) is 6.76. The average Bonchev–Trinajstić information content (AvgIpc) is 3.21. The van der Waals surface area contributed by atoms with E-state index >= 15 is 0 Å². The van der Waals surface area contributed by atoms with E-state index in [0.717, 1.165) is 5.56 Å². The molecule has 0 aromatic heterocycles. The summed E-state index contributed by atoms with van der Waals surface area (Å²) >= 11 is 0. The van der Waals surface area contributed by atoms with Gasteiger partial charge >= 0.3 is 0 Å². The number of carbonyl (C=O) groups is 2.